The van der Waals surface area contributed by atoms with Crippen molar-refractivity contribution in [3.05, 3.63) is 29.8 Å². The van der Waals surface area contributed by atoms with Gasteiger partial charge in [-0.3, -0.25) is 4.79 Å². The highest BCUT2D eigenvalue weighted by Gasteiger charge is 2.26. The van der Waals surface area contributed by atoms with E-state index >= 15 is 0 Å². The van der Waals surface area contributed by atoms with Crippen molar-refractivity contribution in [2.24, 2.45) is 11.7 Å². The van der Waals surface area contributed by atoms with Crippen LogP contribution in [-0.4, -0.2) is 32.3 Å². The summed E-state index contributed by atoms with van der Waals surface area (Å²) in [4.78, 5) is 12.1. The largest absolute Gasteiger partial charge is 0.496 e. The molecule has 20 heavy (non-hydrogen) atoms. The second kappa shape index (κ2) is 7.26. The molecule has 3 N–H and O–H groups in total. The lowest BCUT2D eigenvalue weighted by Crippen LogP contribution is -2.46. The minimum Gasteiger partial charge on any atom is -0.496 e. The predicted octanol–water partition coefficient (Wildman–Crippen LogP) is 1.07. The van der Waals surface area contributed by atoms with Crippen molar-refractivity contribution in [1.29, 1.82) is 0 Å². The molecule has 1 unspecified atom stereocenters. The summed E-state index contributed by atoms with van der Waals surface area (Å²) in [6, 6.07) is 7.16. The molecule has 2 rings (SSSR count). The first-order valence-electron chi connectivity index (χ1n) is 6.95. The average Bonchev–Trinajstić information content (AvgIpc) is 2.53. The van der Waals surface area contributed by atoms with Crippen molar-refractivity contribution in [1.82, 2.24) is 5.32 Å². The fourth-order valence-corrected chi connectivity index (χ4v) is 2.44. The third kappa shape index (κ3) is 3.71. The Hall–Kier alpha value is -1.59. The van der Waals surface area contributed by atoms with Crippen LogP contribution in [0, 0.1) is 5.92 Å². The Kier molecular flexibility index (Phi) is 5.38. The van der Waals surface area contributed by atoms with Gasteiger partial charge in [-0.2, -0.15) is 0 Å². The number of benzene rings is 1. The van der Waals surface area contributed by atoms with E-state index in [9.17, 15) is 4.79 Å². The molecule has 0 saturated carbocycles. The van der Waals surface area contributed by atoms with Crippen LogP contribution in [0.4, 0.5) is 0 Å². The standard InChI is InChI=1S/C15H22N2O3/c1-19-13-5-3-2-4-12(13)10-17-15(18)14(16)11-6-8-20-9-7-11/h2-5,11,14H,6-10,16H2,1H3,(H,17,18). The molecule has 1 aliphatic heterocycles. The van der Waals surface area contributed by atoms with Crippen molar-refractivity contribution in [2.75, 3.05) is 20.3 Å². The summed E-state index contributed by atoms with van der Waals surface area (Å²) in [6.45, 7) is 1.82. The molecule has 0 spiro atoms. The maximum absolute atomic E-state index is 12.1. The summed E-state index contributed by atoms with van der Waals surface area (Å²) in [5, 5.41) is 2.89. The van der Waals surface area contributed by atoms with E-state index < -0.39 is 6.04 Å². The van der Waals surface area contributed by atoms with Crippen molar-refractivity contribution in [3.63, 3.8) is 0 Å². The number of para-hydroxylation sites is 1. The number of nitrogens with two attached hydrogens (primary N) is 1. The summed E-state index contributed by atoms with van der Waals surface area (Å²) in [5.41, 5.74) is 6.97. The Labute approximate surface area is 119 Å². The molecule has 1 aliphatic rings. The molecule has 1 aromatic rings. The number of carbonyl (C=O) groups excluding carboxylic acids is 1. The molecule has 0 radical (unpaired) electrons. The summed E-state index contributed by atoms with van der Waals surface area (Å²) in [5.74, 6) is 0.872. The fourth-order valence-electron chi connectivity index (χ4n) is 2.44. The molecule has 1 saturated heterocycles. The SMILES string of the molecule is COc1ccccc1CNC(=O)C(N)C1CCOCC1. The third-order valence-corrected chi connectivity index (χ3v) is 3.72. The van der Waals surface area contributed by atoms with Gasteiger partial charge in [0.25, 0.3) is 0 Å². The zero-order chi connectivity index (χ0) is 14.4. The molecule has 5 heteroatoms. The van der Waals surface area contributed by atoms with E-state index in [-0.39, 0.29) is 11.8 Å². The summed E-state index contributed by atoms with van der Waals surface area (Å²) >= 11 is 0. The van der Waals surface area contributed by atoms with E-state index in [4.69, 9.17) is 15.2 Å². The van der Waals surface area contributed by atoms with Gasteiger partial charge in [0.2, 0.25) is 5.91 Å². The molecule has 0 aromatic heterocycles. The molecule has 1 amide bonds. The van der Waals surface area contributed by atoms with E-state index in [1.165, 1.54) is 0 Å². The van der Waals surface area contributed by atoms with Gasteiger partial charge in [0.15, 0.2) is 0 Å². The number of rotatable bonds is 5. The maximum atomic E-state index is 12.1. The van der Waals surface area contributed by atoms with Gasteiger partial charge in [-0.15, -0.1) is 0 Å². The molecule has 1 heterocycles. The number of amides is 1. The van der Waals surface area contributed by atoms with Gasteiger partial charge in [0.05, 0.1) is 13.2 Å². The summed E-state index contributed by atoms with van der Waals surface area (Å²) in [6.07, 6.45) is 1.70. The topological polar surface area (TPSA) is 73.6 Å². The second-order valence-electron chi connectivity index (χ2n) is 5.01. The second-order valence-corrected chi connectivity index (χ2v) is 5.01. The molecule has 5 nitrogen and oxygen atoms in total. The van der Waals surface area contributed by atoms with Crippen molar-refractivity contribution in [2.45, 2.75) is 25.4 Å². The quantitative estimate of drug-likeness (QED) is 0.845. The number of hydrogen-bond acceptors (Lipinski definition) is 4. The van der Waals surface area contributed by atoms with Crippen LogP contribution in [0.3, 0.4) is 0 Å². The van der Waals surface area contributed by atoms with Crippen molar-refractivity contribution in [3.8, 4) is 5.75 Å². The van der Waals surface area contributed by atoms with Gasteiger partial charge in [-0.1, -0.05) is 18.2 Å². The van der Waals surface area contributed by atoms with E-state index in [0.717, 1.165) is 24.2 Å². The number of ether oxygens (including phenoxy) is 2. The fraction of sp³-hybridized carbons (Fsp3) is 0.533. The number of nitrogens with one attached hydrogen (secondary N) is 1. The Balaban J connectivity index is 1.87. The summed E-state index contributed by atoms with van der Waals surface area (Å²) in [7, 11) is 1.62. The minimum atomic E-state index is -0.464. The Morgan fingerprint density at radius 2 is 2.15 bits per heavy atom. The number of methoxy groups -OCH3 is 1. The monoisotopic (exact) mass is 278 g/mol. The van der Waals surface area contributed by atoms with Crippen LogP contribution < -0.4 is 15.8 Å². The third-order valence-electron chi connectivity index (χ3n) is 3.72. The van der Waals surface area contributed by atoms with Crippen LogP contribution in [-0.2, 0) is 16.1 Å². The Bertz CT molecular complexity index is 444. The molecule has 0 aliphatic carbocycles. The van der Waals surface area contributed by atoms with E-state index in [0.29, 0.717) is 19.8 Å². The van der Waals surface area contributed by atoms with E-state index in [1.807, 2.05) is 24.3 Å². The lowest BCUT2D eigenvalue weighted by atomic mass is 9.92. The van der Waals surface area contributed by atoms with E-state index in [2.05, 4.69) is 5.32 Å². The molecule has 110 valence electrons. The van der Waals surface area contributed by atoms with Crippen LogP contribution >= 0.6 is 0 Å². The van der Waals surface area contributed by atoms with Gasteiger partial charge in [-0.25, -0.2) is 0 Å². The van der Waals surface area contributed by atoms with Crippen LogP contribution in [0.2, 0.25) is 0 Å². The van der Waals surface area contributed by atoms with Crippen LogP contribution in [0.5, 0.6) is 5.75 Å². The first-order chi connectivity index (χ1) is 9.72. The Morgan fingerprint density at radius 3 is 2.85 bits per heavy atom. The summed E-state index contributed by atoms with van der Waals surface area (Å²) < 4.78 is 10.5. The van der Waals surface area contributed by atoms with E-state index in [1.54, 1.807) is 7.11 Å². The molecular formula is C15H22N2O3. The van der Waals surface area contributed by atoms with Crippen LogP contribution in [0.15, 0.2) is 24.3 Å². The highest BCUT2D eigenvalue weighted by molar-refractivity contribution is 5.81. The highest BCUT2D eigenvalue weighted by atomic mass is 16.5. The highest BCUT2D eigenvalue weighted by Crippen LogP contribution is 2.19. The van der Waals surface area contributed by atoms with Crippen molar-refractivity contribution < 1.29 is 14.3 Å². The first kappa shape index (κ1) is 14.8. The van der Waals surface area contributed by atoms with Crippen LogP contribution in [0.25, 0.3) is 0 Å². The lowest BCUT2D eigenvalue weighted by molar-refractivity contribution is -0.124. The Morgan fingerprint density at radius 1 is 1.45 bits per heavy atom. The molecule has 1 atom stereocenters. The normalized spacial score (nSPS) is 17.5. The van der Waals surface area contributed by atoms with Gasteiger partial charge in [-0.05, 0) is 24.8 Å². The zero-order valence-corrected chi connectivity index (χ0v) is 11.8. The number of carbonyl (C=O) groups is 1. The lowest BCUT2D eigenvalue weighted by Gasteiger charge is -2.26. The van der Waals surface area contributed by atoms with Gasteiger partial charge < -0.3 is 20.5 Å². The molecular weight excluding hydrogens is 256 g/mol. The average molecular weight is 278 g/mol. The predicted molar refractivity (Wildman–Crippen MR) is 76.4 cm³/mol. The first-order valence-corrected chi connectivity index (χ1v) is 6.95. The number of hydrogen-bond donors (Lipinski definition) is 2. The molecule has 1 aromatic carbocycles. The van der Waals surface area contributed by atoms with Crippen LogP contribution in [0.1, 0.15) is 18.4 Å². The van der Waals surface area contributed by atoms with Gasteiger partial charge >= 0.3 is 0 Å². The van der Waals surface area contributed by atoms with Gasteiger partial charge in [0, 0.05) is 25.3 Å². The maximum Gasteiger partial charge on any atom is 0.237 e. The molecule has 1 fully saturated rings. The minimum absolute atomic E-state index is 0.109. The molecule has 0 bridgehead atoms. The van der Waals surface area contributed by atoms with Gasteiger partial charge in [0.1, 0.15) is 5.75 Å². The smallest absolute Gasteiger partial charge is 0.237 e. The zero-order valence-electron chi connectivity index (χ0n) is 11.8. The van der Waals surface area contributed by atoms with Crippen molar-refractivity contribution >= 4 is 5.91 Å².